The van der Waals surface area contributed by atoms with Crippen LogP contribution < -0.4 is 0 Å². The predicted octanol–water partition coefficient (Wildman–Crippen LogP) is 2.88. The molecule has 1 saturated heterocycles. The van der Waals surface area contributed by atoms with E-state index in [9.17, 15) is 0 Å². The Bertz CT molecular complexity index is 319. The van der Waals surface area contributed by atoms with Gasteiger partial charge in [0.25, 0.3) is 0 Å². The van der Waals surface area contributed by atoms with Crippen molar-refractivity contribution in [3.8, 4) is 0 Å². The molecular weight excluding hydrogens is 188 g/mol. The van der Waals surface area contributed by atoms with E-state index in [2.05, 4.69) is 36.6 Å². The summed E-state index contributed by atoms with van der Waals surface area (Å²) >= 11 is 0. The summed E-state index contributed by atoms with van der Waals surface area (Å²) in [5.41, 5.74) is 1.39. The van der Waals surface area contributed by atoms with Crippen LogP contribution in [0, 0.1) is 0 Å². The number of nitrogens with zero attached hydrogens (tertiary/aromatic N) is 2. The fourth-order valence-electron chi connectivity index (χ4n) is 2.05. The minimum absolute atomic E-state index is 0.136. The van der Waals surface area contributed by atoms with Crippen LogP contribution in [0.2, 0.25) is 0 Å². The van der Waals surface area contributed by atoms with E-state index in [0.29, 0.717) is 0 Å². The Morgan fingerprint density at radius 3 is 2.80 bits per heavy atom. The van der Waals surface area contributed by atoms with Gasteiger partial charge in [-0.15, -0.1) is 0 Å². The van der Waals surface area contributed by atoms with Crippen LogP contribution in [-0.4, -0.2) is 16.4 Å². The van der Waals surface area contributed by atoms with E-state index < -0.39 is 0 Å². The molecule has 3 heteroatoms. The molecule has 15 heavy (non-hydrogen) atoms. The van der Waals surface area contributed by atoms with Crippen LogP contribution in [0.1, 0.15) is 52.0 Å². The molecule has 0 radical (unpaired) electrons. The van der Waals surface area contributed by atoms with Gasteiger partial charge in [0.05, 0.1) is 0 Å². The van der Waals surface area contributed by atoms with E-state index in [4.69, 9.17) is 4.74 Å². The van der Waals surface area contributed by atoms with Gasteiger partial charge in [-0.05, 0) is 25.3 Å². The molecule has 1 aliphatic heterocycles. The van der Waals surface area contributed by atoms with Gasteiger partial charge in [-0.2, -0.15) is 5.10 Å². The third kappa shape index (κ3) is 2.23. The molecule has 2 heterocycles. The predicted molar refractivity (Wildman–Crippen MR) is 59.8 cm³/mol. The van der Waals surface area contributed by atoms with Crippen LogP contribution in [0.4, 0.5) is 0 Å². The molecule has 84 valence electrons. The Labute approximate surface area is 91.4 Å². The van der Waals surface area contributed by atoms with Crippen LogP contribution in [0.3, 0.4) is 0 Å². The van der Waals surface area contributed by atoms with Gasteiger partial charge in [-0.3, -0.25) is 0 Å². The van der Waals surface area contributed by atoms with Crippen LogP contribution in [0.5, 0.6) is 0 Å². The van der Waals surface area contributed by atoms with Crippen molar-refractivity contribution < 1.29 is 4.74 Å². The second-order valence-corrected chi connectivity index (χ2v) is 5.23. The standard InChI is InChI=1S/C12H20N2O/c1-12(2,3)10-7-8-13-14(10)11-6-4-5-9-15-11/h7-8,11H,4-6,9H2,1-3H3. The topological polar surface area (TPSA) is 27.1 Å². The van der Waals surface area contributed by atoms with Gasteiger partial charge in [0.2, 0.25) is 0 Å². The van der Waals surface area contributed by atoms with E-state index in [0.717, 1.165) is 13.0 Å². The molecule has 0 bridgehead atoms. The second kappa shape index (κ2) is 3.97. The molecule has 0 N–H and O–H groups in total. The van der Waals surface area contributed by atoms with Crippen LogP contribution >= 0.6 is 0 Å². The smallest absolute Gasteiger partial charge is 0.150 e. The maximum Gasteiger partial charge on any atom is 0.150 e. The van der Waals surface area contributed by atoms with Crippen molar-refractivity contribution in [2.75, 3.05) is 6.61 Å². The molecule has 0 saturated carbocycles. The molecule has 2 rings (SSSR count). The summed E-state index contributed by atoms with van der Waals surface area (Å²) in [6, 6.07) is 2.10. The highest BCUT2D eigenvalue weighted by atomic mass is 16.5. The Kier molecular flexibility index (Phi) is 2.83. The summed E-state index contributed by atoms with van der Waals surface area (Å²) < 4.78 is 7.81. The molecule has 0 aromatic carbocycles. The van der Waals surface area contributed by atoms with Crippen molar-refractivity contribution in [2.24, 2.45) is 0 Å². The lowest BCUT2D eigenvalue weighted by Crippen LogP contribution is -2.25. The van der Waals surface area contributed by atoms with Gasteiger partial charge >= 0.3 is 0 Å². The minimum atomic E-state index is 0.136. The number of rotatable bonds is 1. The lowest BCUT2D eigenvalue weighted by atomic mass is 9.92. The number of ether oxygens (including phenoxy) is 1. The van der Waals surface area contributed by atoms with Crippen LogP contribution in [0.15, 0.2) is 12.3 Å². The lowest BCUT2D eigenvalue weighted by Gasteiger charge is -2.28. The molecule has 1 unspecified atom stereocenters. The Balaban J connectivity index is 2.24. The lowest BCUT2D eigenvalue weighted by molar-refractivity contribution is -0.0424. The fraction of sp³-hybridized carbons (Fsp3) is 0.750. The average Bonchev–Trinajstić information content (AvgIpc) is 2.67. The molecule has 1 aromatic heterocycles. The Morgan fingerprint density at radius 2 is 2.20 bits per heavy atom. The van der Waals surface area contributed by atoms with Crippen molar-refractivity contribution in [2.45, 2.75) is 51.7 Å². The van der Waals surface area contributed by atoms with Crippen molar-refractivity contribution in [1.29, 1.82) is 0 Å². The van der Waals surface area contributed by atoms with Gasteiger partial charge in [-0.1, -0.05) is 20.8 Å². The van der Waals surface area contributed by atoms with Crippen molar-refractivity contribution in [1.82, 2.24) is 9.78 Å². The zero-order valence-corrected chi connectivity index (χ0v) is 9.86. The van der Waals surface area contributed by atoms with E-state index in [-0.39, 0.29) is 11.6 Å². The average molecular weight is 208 g/mol. The summed E-state index contributed by atoms with van der Waals surface area (Å²) in [5, 5.41) is 4.40. The van der Waals surface area contributed by atoms with Crippen molar-refractivity contribution >= 4 is 0 Å². The van der Waals surface area contributed by atoms with Crippen LogP contribution in [0.25, 0.3) is 0 Å². The highest BCUT2D eigenvalue weighted by Crippen LogP contribution is 2.28. The third-order valence-corrected chi connectivity index (χ3v) is 2.87. The fourth-order valence-corrected chi connectivity index (χ4v) is 2.05. The monoisotopic (exact) mass is 208 g/mol. The van der Waals surface area contributed by atoms with Gasteiger partial charge in [0.15, 0.2) is 0 Å². The maximum absolute atomic E-state index is 5.76. The van der Waals surface area contributed by atoms with Crippen molar-refractivity contribution in [3.05, 3.63) is 18.0 Å². The summed E-state index contributed by atoms with van der Waals surface area (Å²) in [4.78, 5) is 0. The normalized spacial score (nSPS) is 23.0. The summed E-state index contributed by atoms with van der Waals surface area (Å²) in [6.07, 6.45) is 5.54. The summed E-state index contributed by atoms with van der Waals surface area (Å²) in [6.45, 7) is 7.50. The molecular formula is C12H20N2O. The highest BCUT2D eigenvalue weighted by molar-refractivity contribution is 5.12. The summed E-state index contributed by atoms with van der Waals surface area (Å²) in [5.74, 6) is 0. The molecule has 1 fully saturated rings. The van der Waals surface area contributed by atoms with E-state index >= 15 is 0 Å². The van der Waals surface area contributed by atoms with Crippen LogP contribution in [-0.2, 0) is 10.2 Å². The first-order chi connectivity index (χ1) is 7.09. The first-order valence-corrected chi connectivity index (χ1v) is 5.74. The number of aromatic nitrogens is 2. The van der Waals surface area contributed by atoms with E-state index in [1.165, 1.54) is 18.5 Å². The van der Waals surface area contributed by atoms with Gasteiger partial charge in [-0.25, -0.2) is 4.68 Å². The first-order valence-electron chi connectivity index (χ1n) is 5.74. The van der Waals surface area contributed by atoms with Gasteiger partial charge < -0.3 is 4.74 Å². The Hall–Kier alpha value is -0.830. The molecule has 0 spiro atoms. The molecule has 1 aromatic rings. The Morgan fingerprint density at radius 1 is 1.40 bits per heavy atom. The summed E-state index contributed by atoms with van der Waals surface area (Å²) in [7, 11) is 0. The first kappa shape index (κ1) is 10.7. The van der Waals surface area contributed by atoms with Gasteiger partial charge in [0, 0.05) is 23.9 Å². The zero-order chi connectivity index (χ0) is 10.9. The number of hydrogen-bond acceptors (Lipinski definition) is 2. The van der Waals surface area contributed by atoms with Crippen molar-refractivity contribution in [3.63, 3.8) is 0 Å². The third-order valence-electron chi connectivity index (χ3n) is 2.87. The van der Waals surface area contributed by atoms with E-state index in [1.807, 2.05) is 6.20 Å². The molecule has 3 nitrogen and oxygen atoms in total. The SMILES string of the molecule is CC(C)(C)c1ccnn1C1CCCCO1. The van der Waals surface area contributed by atoms with Gasteiger partial charge in [0.1, 0.15) is 6.23 Å². The minimum Gasteiger partial charge on any atom is -0.357 e. The molecule has 1 aliphatic rings. The maximum atomic E-state index is 5.76. The van der Waals surface area contributed by atoms with E-state index in [1.54, 1.807) is 0 Å². The largest absolute Gasteiger partial charge is 0.357 e. The zero-order valence-electron chi connectivity index (χ0n) is 9.86. The highest BCUT2D eigenvalue weighted by Gasteiger charge is 2.24. The second-order valence-electron chi connectivity index (χ2n) is 5.23. The molecule has 0 aliphatic carbocycles. The number of hydrogen-bond donors (Lipinski definition) is 0. The quantitative estimate of drug-likeness (QED) is 0.709. The molecule has 1 atom stereocenters. The molecule has 0 amide bonds.